The molecule has 9 nitrogen and oxygen atoms in total. The summed E-state index contributed by atoms with van der Waals surface area (Å²) in [7, 11) is 0. The fourth-order valence-corrected chi connectivity index (χ4v) is 5.06. The third-order valence-corrected chi connectivity index (χ3v) is 6.48. The highest BCUT2D eigenvalue weighted by Crippen LogP contribution is 2.42. The maximum atomic E-state index is 11.1. The average molecular weight is 462 g/mol. The van der Waals surface area contributed by atoms with E-state index in [1.54, 1.807) is 10.9 Å². The van der Waals surface area contributed by atoms with Gasteiger partial charge in [0.1, 0.15) is 17.6 Å². The molecule has 2 atom stereocenters. The van der Waals surface area contributed by atoms with Crippen molar-refractivity contribution >= 4 is 23.7 Å². The normalized spacial score (nSPS) is 20.7. The van der Waals surface area contributed by atoms with Crippen molar-refractivity contribution in [1.29, 1.82) is 0 Å². The summed E-state index contributed by atoms with van der Waals surface area (Å²) in [6.45, 7) is 5.32. The Morgan fingerprint density at radius 2 is 2.19 bits per heavy atom. The molecule has 3 aliphatic rings. The number of carbonyl (C=O) groups excluding carboxylic acids is 1. The van der Waals surface area contributed by atoms with Gasteiger partial charge in [0.15, 0.2) is 0 Å². The minimum atomic E-state index is -0.520. The number of benzene rings is 1. The highest BCUT2D eigenvalue weighted by molar-refractivity contribution is 7.97. The summed E-state index contributed by atoms with van der Waals surface area (Å²) in [4.78, 5) is 12.0. The number of fused-ring (bicyclic) bond motifs is 3. The number of hydrogen-bond donors (Lipinski definition) is 4. The Morgan fingerprint density at radius 3 is 2.91 bits per heavy atom. The molecule has 0 radical (unpaired) electrons. The van der Waals surface area contributed by atoms with Crippen LogP contribution in [0, 0.1) is 0 Å². The molecule has 1 aromatic heterocycles. The number of anilines is 1. The molecule has 0 fully saturated rings. The first-order chi connectivity index (χ1) is 15.4. The number of aliphatic hydroxyl groups is 1. The molecule has 1 aliphatic heterocycles. The fourth-order valence-electron chi connectivity index (χ4n) is 4.69. The Balaban J connectivity index is 0.000000155. The largest absolute Gasteiger partial charge is 0.474 e. The first-order valence-corrected chi connectivity index (χ1v) is 11.9. The van der Waals surface area contributed by atoms with Crippen LogP contribution in [0.15, 0.2) is 17.2 Å². The number of carbonyl (C=O) groups is 1. The van der Waals surface area contributed by atoms with E-state index in [1.165, 1.54) is 11.1 Å². The number of aromatic nitrogens is 2. The molecule has 0 saturated carbocycles. The summed E-state index contributed by atoms with van der Waals surface area (Å²) in [6, 6.07) is 1.59. The topological polar surface area (TPSA) is 138 Å². The maximum absolute atomic E-state index is 11.1. The minimum Gasteiger partial charge on any atom is -0.474 e. The molecule has 6 N–H and O–H groups in total. The molecule has 2 aromatic rings. The SMILES string of the molecule is CC(C)OC1COc2c(SN)cnn2C1.NC(=O)Nc1c2c(cc3c1CCC3O)CCC2. The number of aliphatic hydroxyl groups excluding tert-OH is 1. The zero-order valence-electron chi connectivity index (χ0n) is 18.5. The highest BCUT2D eigenvalue weighted by atomic mass is 32.2. The Labute approximate surface area is 191 Å². The molecule has 1 aromatic carbocycles. The van der Waals surface area contributed by atoms with Crippen LogP contribution >= 0.6 is 11.9 Å². The highest BCUT2D eigenvalue weighted by Gasteiger charge is 2.29. The molecule has 32 heavy (non-hydrogen) atoms. The number of nitrogens with zero attached hydrogens (tertiary/aromatic N) is 2. The second-order valence-corrected chi connectivity index (χ2v) is 9.26. The number of amides is 2. The lowest BCUT2D eigenvalue weighted by atomic mass is 9.98. The second kappa shape index (κ2) is 9.70. The predicted molar refractivity (Wildman–Crippen MR) is 123 cm³/mol. The van der Waals surface area contributed by atoms with Gasteiger partial charge in [0.25, 0.3) is 0 Å². The number of aryl methyl sites for hydroxylation is 1. The first kappa shape index (κ1) is 22.9. The van der Waals surface area contributed by atoms with Crippen LogP contribution in [0.25, 0.3) is 0 Å². The summed E-state index contributed by atoms with van der Waals surface area (Å²) in [5, 5.41) is 22.4. The Hall–Kier alpha value is -2.27. The quantitative estimate of drug-likeness (QED) is 0.514. The molecular formula is C22H31N5O4S. The zero-order valence-corrected chi connectivity index (χ0v) is 19.3. The number of hydrogen-bond acceptors (Lipinski definition) is 7. The van der Waals surface area contributed by atoms with E-state index in [2.05, 4.69) is 16.5 Å². The summed E-state index contributed by atoms with van der Waals surface area (Å²) in [6.07, 6.45) is 6.32. The van der Waals surface area contributed by atoms with Gasteiger partial charge in [-0.2, -0.15) is 5.10 Å². The average Bonchev–Trinajstić information content (AvgIpc) is 3.46. The van der Waals surface area contributed by atoms with Crippen molar-refractivity contribution in [2.45, 2.75) is 75.7 Å². The van der Waals surface area contributed by atoms with Crippen molar-refractivity contribution in [2.24, 2.45) is 10.9 Å². The predicted octanol–water partition coefficient (Wildman–Crippen LogP) is 2.68. The molecule has 2 heterocycles. The van der Waals surface area contributed by atoms with Crippen LogP contribution in [0.2, 0.25) is 0 Å². The monoisotopic (exact) mass is 461 g/mol. The van der Waals surface area contributed by atoms with Crippen LogP contribution in [-0.2, 0) is 30.5 Å². The molecule has 0 bridgehead atoms. The van der Waals surface area contributed by atoms with Crippen LogP contribution in [0.1, 0.15) is 55.0 Å². The Bertz CT molecular complexity index is 993. The molecule has 0 saturated heterocycles. The van der Waals surface area contributed by atoms with E-state index in [9.17, 15) is 9.90 Å². The summed E-state index contributed by atoms with van der Waals surface area (Å²) < 4.78 is 13.0. The van der Waals surface area contributed by atoms with Gasteiger partial charge in [0.2, 0.25) is 5.88 Å². The van der Waals surface area contributed by atoms with Crippen molar-refractivity contribution in [3.05, 3.63) is 34.5 Å². The third kappa shape index (κ3) is 4.73. The lowest BCUT2D eigenvalue weighted by Gasteiger charge is -2.26. The van der Waals surface area contributed by atoms with E-state index in [0.29, 0.717) is 6.61 Å². The van der Waals surface area contributed by atoms with Gasteiger partial charge in [-0.05, 0) is 80.2 Å². The smallest absolute Gasteiger partial charge is 0.316 e. The van der Waals surface area contributed by atoms with Gasteiger partial charge < -0.3 is 25.6 Å². The van der Waals surface area contributed by atoms with Gasteiger partial charge in [0.05, 0.1) is 24.9 Å². The van der Waals surface area contributed by atoms with E-state index in [4.69, 9.17) is 20.3 Å². The second-order valence-electron chi connectivity index (χ2n) is 8.59. The van der Waals surface area contributed by atoms with Crippen molar-refractivity contribution in [3.8, 4) is 5.88 Å². The van der Waals surface area contributed by atoms with Crippen LogP contribution in [-0.4, -0.2) is 39.7 Å². The first-order valence-electron chi connectivity index (χ1n) is 11.0. The molecule has 2 unspecified atom stereocenters. The molecular weight excluding hydrogens is 430 g/mol. The van der Waals surface area contributed by atoms with Crippen molar-refractivity contribution in [2.75, 3.05) is 11.9 Å². The van der Waals surface area contributed by atoms with Gasteiger partial charge in [-0.25, -0.2) is 9.48 Å². The van der Waals surface area contributed by atoms with Crippen molar-refractivity contribution in [3.63, 3.8) is 0 Å². The number of primary amides is 1. The number of nitrogens with two attached hydrogens (primary N) is 2. The molecule has 174 valence electrons. The number of urea groups is 1. The number of nitrogens with one attached hydrogen (secondary N) is 1. The lowest BCUT2D eigenvalue weighted by Crippen LogP contribution is -2.34. The van der Waals surface area contributed by atoms with Crippen LogP contribution in [0.5, 0.6) is 5.88 Å². The van der Waals surface area contributed by atoms with E-state index >= 15 is 0 Å². The van der Waals surface area contributed by atoms with E-state index in [0.717, 1.165) is 78.2 Å². The van der Waals surface area contributed by atoms with Crippen LogP contribution < -0.4 is 20.9 Å². The molecule has 5 rings (SSSR count). The molecule has 2 aliphatic carbocycles. The minimum absolute atomic E-state index is 0.0769. The third-order valence-electron chi connectivity index (χ3n) is 5.95. The van der Waals surface area contributed by atoms with E-state index in [-0.39, 0.29) is 18.3 Å². The van der Waals surface area contributed by atoms with Crippen LogP contribution in [0.4, 0.5) is 10.5 Å². The van der Waals surface area contributed by atoms with E-state index in [1.807, 2.05) is 13.8 Å². The number of rotatable bonds is 4. The Morgan fingerprint density at radius 1 is 1.38 bits per heavy atom. The molecule has 10 heteroatoms. The van der Waals surface area contributed by atoms with Crippen LogP contribution in [0.3, 0.4) is 0 Å². The number of ether oxygens (including phenoxy) is 2. The summed E-state index contributed by atoms with van der Waals surface area (Å²) >= 11 is 1.16. The van der Waals surface area contributed by atoms with Gasteiger partial charge in [-0.15, -0.1) is 0 Å². The summed E-state index contributed by atoms with van der Waals surface area (Å²) in [5.74, 6) is 0.756. The lowest BCUT2D eigenvalue weighted by molar-refractivity contribution is -0.0444. The standard InChI is InChI=1S/C13H16N2O2.C9H15N3O2S/c14-13(17)15-12-8-3-1-2-7(8)6-10-9(12)4-5-11(10)16;1-6(2)14-7-4-12-9(13-5-7)8(15-10)3-11-12/h6,11,16H,1-5H2,(H3,14,15,17);3,6-7H,4-5,10H2,1-2H3. The van der Waals surface area contributed by atoms with Crippen molar-refractivity contribution < 1.29 is 19.4 Å². The summed E-state index contributed by atoms with van der Waals surface area (Å²) in [5.41, 5.74) is 10.6. The van der Waals surface area contributed by atoms with Crippen molar-refractivity contribution in [1.82, 2.24) is 9.78 Å². The van der Waals surface area contributed by atoms with Gasteiger partial charge in [-0.3, -0.25) is 5.14 Å². The fraction of sp³-hybridized carbons (Fsp3) is 0.545. The molecule has 2 amide bonds. The van der Waals surface area contributed by atoms with Gasteiger partial charge in [-0.1, -0.05) is 6.07 Å². The van der Waals surface area contributed by atoms with Gasteiger partial charge >= 0.3 is 6.03 Å². The van der Waals surface area contributed by atoms with Gasteiger partial charge in [0, 0.05) is 5.69 Å². The molecule has 0 spiro atoms. The zero-order chi connectivity index (χ0) is 22.8. The van der Waals surface area contributed by atoms with E-state index < -0.39 is 6.03 Å². The maximum Gasteiger partial charge on any atom is 0.316 e. The Kier molecular flexibility index (Phi) is 6.94.